The second kappa shape index (κ2) is 10.5. The zero-order valence-electron chi connectivity index (χ0n) is 17.5. The summed E-state index contributed by atoms with van der Waals surface area (Å²) >= 11 is 1.75. The number of ether oxygens (including phenoxy) is 2. The zero-order valence-corrected chi connectivity index (χ0v) is 18.4. The van der Waals surface area contributed by atoms with Crippen LogP contribution in [0.15, 0.2) is 24.0 Å². The second-order valence-electron chi connectivity index (χ2n) is 7.87. The molecule has 4 rings (SSSR count). The Morgan fingerprint density at radius 2 is 2.03 bits per heavy atom. The van der Waals surface area contributed by atoms with Crippen molar-refractivity contribution in [1.29, 1.82) is 0 Å². The van der Waals surface area contributed by atoms with E-state index in [4.69, 9.17) is 19.4 Å². The molecule has 2 aromatic rings. The molecule has 8 nitrogen and oxygen atoms in total. The number of aryl methyl sites for hydroxylation is 1. The molecule has 0 radical (unpaired) electrons. The van der Waals surface area contributed by atoms with Crippen LogP contribution < -0.4 is 4.74 Å². The quantitative estimate of drug-likeness (QED) is 0.681. The van der Waals surface area contributed by atoms with Crippen molar-refractivity contribution in [3.63, 3.8) is 0 Å². The molecule has 2 saturated heterocycles. The average Bonchev–Trinajstić information content (AvgIpc) is 3.12. The van der Waals surface area contributed by atoms with Gasteiger partial charge in [-0.2, -0.15) is 13.2 Å². The smallest absolute Gasteiger partial charge is 0.475 e. The number of aromatic nitrogens is 3. The molecule has 32 heavy (non-hydrogen) atoms. The third kappa shape index (κ3) is 6.84. The molecule has 2 aliphatic rings. The summed E-state index contributed by atoms with van der Waals surface area (Å²) in [6.07, 6.45) is 1.62. The summed E-state index contributed by atoms with van der Waals surface area (Å²) in [5, 5.41) is 7.12. The number of nitrogens with zero attached hydrogens (tertiary/aromatic N) is 4. The molecule has 0 bridgehead atoms. The standard InChI is InChI=1S/C18H24N4O2S.C2HF3O2/c1-14-16(25-13-21-14)10-22-11-18(12-22)9-15(4-8-24-18)3-7-23-17-19-5-2-6-20-17;3-2(4,5)1(6)7/h2,5-6,13,15H,3-4,7-12H2,1H3;(H,6,7). The van der Waals surface area contributed by atoms with Crippen LogP contribution in [0.3, 0.4) is 0 Å². The summed E-state index contributed by atoms with van der Waals surface area (Å²) in [6, 6.07) is 2.27. The molecule has 0 amide bonds. The Bertz CT molecular complexity index is 875. The summed E-state index contributed by atoms with van der Waals surface area (Å²) < 4.78 is 43.5. The first-order chi connectivity index (χ1) is 15.2. The number of carboxylic acid groups (broad SMARTS) is 1. The van der Waals surface area contributed by atoms with Crippen molar-refractivity contribution in [3.05, 3.63) is 34.5 Å². The van der Waals surface area contributed by atoms with Crippen LogP contribution in [-0.2, 0) is 16.1 Å². The van der Waals surface area contributed by atoms with E-state index in [1.165, 1.54) is 4.88 Å². The maximum absolute atomic E-state index is 10.6. The normalized spacial score (nSPS) is 20.2. The number of alkyl halides is 3. The number of aliphatic carboxylic acids is 1. The molecule has 1 N–H and O–H groups in total. The van der Waals surface area contributed by atoms with E-state index in [9.17, 15) is 13.2 Å². The maximum atomic E-state index is 10.6. The van der Waals surface area contributed by atoms with Gasteiger partial charge in [0.25, 0.3) is 0 Å². The Hall–Kier alpha value is -2.31. The number of likely N-dealkylation sites (tertiary alicyclic amines) is 1. The maximum Gasteiger partial charge on any atom is 0.490 e. The van der Waals surface area contributed by atoms with Gasteiger partial charge in [0.15, 0.2) is 0 Å². The van der Waals surface area contributed by atoms with Crippen LogP contribution in [0.1, 0.15) is 29.8 Å². The SMILES string of the molecule is Cc1ncsc1CN1CC2(CC(CCOc3ncccn3)CCO2)C1.O=C(O)C(F)(F)F. The van der Waals surface area contributed by atoms with Crippen LogP contribution in [0.2, 0.25) is 0 Å². The second-order valence-corrected chi connectivity index (χ2v) is 8.81. The molecule has 2 aromatic heterocycles. The largest absolute Gasteiger partial charge is 0.490 e. The average molecular weight is 475 g/mol. The first-order valence-corrected chi connectivity index (χ1v) is 11.0. The van der Waals surface area contributed by atoms with E-state index in [1.807, 2.05) is 5.51 Å². The summed E-state index contributed by atoms with van der Waals surface area (Å²) in [5.41, 5.74) is 3.16. The van der Waals surface area contributed by atoms with Gasteiger partial charge in [0.2, 0.25) is 0 Å². The molecule has 0 saturated carbocycles. The summed E-state index contributed by atoms with van der Waals surface area (Å²) in [4.78, 5) is 25.3. The van der Waals surface area contributed by atoms with Crippen LogP contribution in [0, 0.1) is 12.8 Å². The Balaban J connectivity index is 0.000000360. The van der Waals surface area contributed by atoms with Gasteiger partial charge in [-0.05, 0) is 38.2 Å². The van der Waals surface area contributed by atoms with E-state index in [0.717, 1.165) is 51.2 Å². The topological polar surface area (TPSA) is 97.7 Å². The fourth-order valence-corrected chi connectivity index (χ4v) is 4.65. The first kappa shape index (κ1) is 24.3. The molecule has 12 heteroatoms. The van der Waals surface area contributed by atoms with Gasteiger partial charge in [-0.15, -0.1) is 11.3 Å². The van der Waals surface area contributed by atoms with Gasteiger partial charge in [0.1, 0.15) is 0 Å². The van der Waals surface area contributed by atoms with Crippen LogP contribution in [-0.4, -0.2) is 69.0 Å². The van der Waals surface area contributed by atoms with E-state index < -0.39 is 12.1 Å². The van der Waals surface area contributed by atoms with Crippen molar-refractivity contribution in [1.82, 2.24) is 19.9 Å². The highest BCUT2D eigenvalue weighted by atomic mass is 32.1. The fourth-order valence-electron chi connectivity index (χ4n) is 3.83. The highest BCUT2D eigenvalue weighted by Crippen LogP contribution is 2.39. The third-order valence-electron chi connectivity index (χ3n) is 5.37. The summed E-state index contributed by atoms with van der Waals surface area (Å²) in [6.45, 7) is 6.69. The number of carbonyl (C=O) groups is 1. The summed E-state index contributed by atoms with van der Waals surface area (Å²) in [5.74, 6) is -2.10. The van der Waals surface area contributed by atoms with Crippen LogP contribution >= 0.6 is 11.3 Å². The van der Waals surface area contributed by atoms with Crippen LogP contribution in [0.5, 0.6) is 6.01 Å². The van der Waals surface area contributed by atoms with E-state index in [2.05, 4.69) is 26.8 Å². The third-order valence-corrected chi connectivity index (χ3v) is 6.29. The lowest BCUT2D eigenvalue weighted by Gasteiger charge is -2.53. The Kier molecular flexibility index (Phi) is 8.01. The highest BCUT2D eigenvalue weighted by molar-refractivity contribution is 7.09. The van der Waals surface area contributed by atoms with Gasteiger partial charge in [0, 0.05) is 43.5 Å². The monoisotopic (exact) mass is 474 g/mol. The molecule has 0 aromatic carbocycles. The Morgan fingerprint density at radius 3 is 2.62 bits per heavy atom. The molecule has 1 atom stereocenters. The predicted molar refractivity (Wildman–Crippen MR) is 109 cm³/mol. The lowest BCUT2D eigenvalue weighted by atomic mass is 9.79. The van der Waals surface area contributed by atoms with Gasteiger partial charge in [0.05, 0.1) is 23.4 Å². The lowest BCUT2D eigenvalue weighted by Crippen LogP contribution is -2.64. The Labute approximate surface area is 187 Å². The molecule has 1 unspecified atom stereocenters. The van der Waals surface area contributed by atoms with Crippen LogP contribution in [0.4, 0.5) is 13.2 Å². The van der Waals surface area contributed by atoms with Gasteiger partial charge in [-0.1, -0.05) is 0 Å². The van der Waals surface area contributed by atoms with Crippen molar-refractivity contribution in [3.8, 4) is 6.01 Å². The van der Waals surface area contributed by atoms with Crippen molar-refractivity contribution in [2.75, 3.05) is 26.3 Å². The minimum Gasteiger partial charge on any atom is -0.475 e. The number of carboxylic acids is 1. The molecular weight excluding hydrogens is 449 g/mol. The van der Waals surface area contributed by atoms with Gasteiger partial charge in [-0.25, -0.2) is 19.7 Å². The van der Waals surface area contributed by atoms with Gasteiger partial charge in [-0.3, -0.25) is 4.90 Å². The van der Waals surface area contributed by atoms with E-state index in [-0.39, 0.29) is 5.60 Å². The van der Waals surface area contributed by atoms with Gasteiger partial charge >= 0.3 is 18.2 Å². The molecule has 1 spiro atoms. The van der Waals surface area contributed by atoms with E-state index >= 15 is 0 Å². The fraction of sp³-hybridized carbons (Fsp3) is 0.600. The van der Waals surface area contributed by atoms with Crippen molar-refractivity contribution in [2.45, 2.75) is 44.5 Å². The molecule has 2 fully saturated rings. The zero-order chi connectivity index (χ0) is 23.2. The first-order valence-electron chi connectivity index (χ1n) is 10.1. The predicted octanol–water partition coefficient (Wildman–Crippen LogP) is 3.32. The number of thiazole rings is 1. The molecule has 4 heterocycles. The Morgan fingerprint density at radius 1 is 1.34 bits per heavy atom. The van der Waals surface area contributed by atoms with E-state index in [0.29, 0.717) is 18.5 Å². The molecular formula is C20H25F3N4O4S. The number of hydrogen-bond donors (Lipinski definition) is 1. The van der Waals surface area contributed by atoms with E-state index in [1.54, 1.807) is 29.8 Å². The van der Waals surface area contributed by atoms with Gasteiger partial charge < -0.3 is 14.6 Å². The molecule has 2 aliphatic heterocycles. The molecule has 176 valence electrons. The number of rotatable bonds is 6. The van der Waals surface area contributed by atoms with Crippen molar-refractivity contribution >= 4 is 17.3 Å². The van der Waals surface area contributed by atoms with Crippen molar-refractivity contribution in [2.24, 2.45) is 5.92 Å². The highest BCUT2D eigenvalue weighted by Gasteiger charge is 2.47. The van der Waals surface area contributed by atoms with Crippen LogP contribution in [0.25, 0.3) is 0 Å². The minimum absolute atomic E-state index is 0.0603. The number of hydrogen-bond acceptors (Lipinski definition) is 8. The van der Waals surface area contributed by atoms with Crippen molar-refractivity contribution < 1.29 is 32.5 Å². The minimum atomic E-state index is -5.08. The lowest BCUT2D eigenvalue weighted by molar-refractivity contribution is -0.192. The summed E-state index contributed by atoms with van der Waals surface area (Å²) in [7, 11) is 0. The molecule has 0 aliphatic carbocycles. The number of halogens is 3.